The summed E-state index contributed by atoms with van der Waals surface area (Å²) < 4.78 is 23.2. The SMILES string of the molecule is CC/C=C\C/C=C\C/C=C\C/C=C\C/C=C\C/C=C\C/C=C\C/C=C\C/C=C\C/C=C\CCCCC(=O)NC(COP(=O)([O-])OCC[N+](C)(C)C)C(O)/C=C/CC/C=C/CCCCCCCCCCCC. The minimum absolute atomic E-state index is 0.0235. The highest BCUT2D eigenvalue weighted by Crippen LogP contribution is 2.38. The highest BCUT2D eigenvalue weighted by molar-refractivity contribution is 7.45. The number of quaternary nitrogens is 1. The molecule has 0 aliphatic rings. The van der Waals surface area contributed by atoms with Crippen LogP contribution < -0.4 is 10.2 Å². The number of aliphatic hydroxyl groups is 1. The standard InChI is InChI=1S/C62H103N2O6P/c1-6-8-10-12-14-16-18-20-22-24-25-26-27-28-29-30-31-32-33-34-35-36-37-38-39-40-42-44-46-48-50-52-54-56-62(66)63-60(59-70-71(67,68)69-58-57-64(3,4)5)61(65)55-53-51-49-47-45-43-41-23-21-19-17-15-13-11-9-7-2/h8,10,14,16,20,22,25-26,28-29,31-32,34-35,37-38,40,42,45-48,53,55,60-61,65H,6-7,9,11-13,15,17-19,21,23-24,27,30,33,36,39,41,43-44,49-52,54,56-59H2,1-5H3,(H-,63,66,67,68)/b10-8-,16-14-,22-20-,26-25-,29-28-,32-31-,35-34-,38-37-,42-40-,47-45+,48-46-,55-53+. The molecule has 0 aromatic rings. The van der Waals surface area contributed by atoms with Crippen molar-refractivity contribution in [3.8, 4) is 0 Å². The molecule has 1 amide bonds. The Bertz CT molecular complexity index is 1660. The van der Waals surface area contributed by atoms with Crippen molar-refractivity contribution in [2.24, 2.45) is 0 Å². The normalized spacial score (nSPS) is 15.1. The van der Waals surface area contributed by atoms with Gasteiger partial charge in [0.2, 0.25) is 5.91 Å². The van der Waals surface area contributed by atoms with Gasteiger partial charge >= 0.3 is 0 Å². The van der Waals surface area contributed by atoms with E-state index < -0.39 is 26.6 Å². The number of phosphoric ester groups is 1. The summed E-state index contributed by atoms with van der Waals surface area (Å²) in [6, 6.07) is -0.938. The average Bonchev–Trinajstić information content (AvgIpc) is 3.33. The Morgan fingerprint density at radius 3 is 1.31 bits per heavy atom. The van der Waals surface area contributed by atoms with Gasteiger partial charge in [0.1, 0.15) is 13.2 Å². The Kier molecular flexibility index (Phi) is 48.7. The smallest absolute Gasteiger partial charge is 0.268 e. The second-order valence-electron chi connectivity index (χ2n) is 19.2. The lowest BCUT2D eigenvalue weighted by molar-refractivity contribution is -0.870. The largest absolute Gasteiger partial charge is 0.756 e. The third kappa shape index (κ3) is 54.0. The molecule has 0 aromatic heterocycles. The molecule has 0 saturated heterocycles. The van der Waals surface area contributed by atoms with Gasteiger partial charge in [-0.15, -0.1) is 0 Å². The van der Waals surface area contributed by atoms with Crippen LogP contribution in [0.5, 0.6) is 0 Å². The van der Waals surface area contributed by atoms with Crippen molar-refractivity contribution < 1.29 is 32.9 Å². The van der Waals surface area contributed by atoms with Gasteiger partial charge in [0, 0.05) is 6.42 Å². The number of unbranched alkanes of at least 4 members (excludes halogenated alkanes) is 13. The van der Waals surface area contributed by atoms with Crippen LogP contribution in [-0.4, -0.2) is 68.5 Å². The second kappa shape index (κ2) is 51.3. The molecule has 0 aliphatic heterocycles. The molecular formula is C62H103N2O6P. The Balaban J connectivity index is 4.39. The lowest BCUT2D eigenvalue weighted by Gasteiger charge is -2.29. The number of rotatable bonds is 48. The van der Waals surface area contributed by atoms with E-state index in [1.807, 2.05) is 27.2 Å². The van der Waals surface area contributed by atoms with Crippen LogP contribution in [0.3, 0.4) is 0 Å². The molecule has 0 fully saturated rings. The Morgan fingerprint density at radius 1 is 0.507 bits per heavy atom. The van der Waals surface area contributed by atoms with Gasteiger partial charge < -0.3 is 28.8 Å². The van der Waals surface area contributed by atoms with Crippen molar-refractivity contribution in [3.63, 3.8) is 0 Å². The maximum Gasteiger partial charge on any atom is 0.268 e. The van der Waals surface area contributed by atoms with Gasteiger partial charge in [-0.3, -0.25) is 9.36 Å². The van der Waals surface area contributed by atoms with Crippen LogP contribution >= 0.6 is 7.82 Å². The number of carbonyl (C=O) groups excluding carboxylic acids is 1. The van der Waals surface area contributed by atoms with E-state index in [0.717, 1.165) is 96.3 Å². The van der Waals surface area contributed by atoms with Gasteiger partial charge in [0.15, 0.2) is 0 Å². The first kappa shape index (κ1) is 67.4. The lowest BCUT2D eigenvalue weighted by Crippen LogP contribution is -2.45. The molecule has 0 aromatic carbocycles. The molecule has 0 rings (SSSR count). The number of likely N-dealkylation sites (N-methyl/N-ethyl adjacent to an activating group) is 1. The van der Waals surface area contributed by atoms with E-state index >= 15 is 0 Å². The summed E-state index contributed by atoms with van der Waals surface area (Å²) in [6.45, 7) is 4.45. The highest BCUT2D eigenvalue weighted by atomic mass is 31.2. The molecule has 0 heterocycles. The summed E-state index contributed by atoms with van der Waals surface area (Å²) >= 11 is 0. The minimum Gasteiger partial charge on any atom is -0.756 e. The van der Waals surface area contributed by atoms with E-state index in [0.29, 0.717) is 17.4 Å². The molecule has 0 radical (unpaired) electrons. The molecule has 402 valence electrons. The molecule has 0 spiro atoms. The topological polar surface area (TPSA) is 108 Å². The number of nitrogens with one attached hydrogen (secondary N) is 1. The van der Waals surface area contributed by atoms with Gasteiger partial charge in [0.25, 0.3) is 7.82 Å². The van der Waals surface area contributed by atoms with E-state index in [9.17, 15) is 19.4 Å². The van der Waals surface area contributed by atoms with Gasteiger partial charge in [-0.1, -0.05) is 217 Å². The number of phosphoric acid groups is 1. The third-order valence-corrected chi connectivity index (χ3v) is 12.2. The van der Waals surface area contributed by atoms with E-state index in [1.165, 1.54) is 64.2 Å². The molecular weight excluding hydrogens is 900 g/mol. The Labute approximate surface area is 436 Å². The van der Waals surface area contributed by atoms with Gasteiger partial charge in [-0.05, 0) is 109 Å². The van der Waals surface area contributed by atoms with Gasteiger partial charge in [-0.25, -0.2) is 0 Å². The van der Waals surface area contributed by atoms with Crippen LogP contribution in [0.4, 0.5) is 0 Å². The Morgan fingerprint density at radius 2 is 0.873 bits per heavy atom. The quantitative estimate of drug-likeness (QED) is 0.0272. The van der Waals surface area contributed by atoms with Crippen molar-refractivity contribution >= 4 is 13.7 Å². The van der Waals surface area contributed by atoms with Crippen molar-refractivity contribution in [2.75, 3.05) is 40.9 Å². The predicted octanol–water partition coefficient (Wildman–Crippen LogP) is 16.3. The monoisotopic (exact) mass is 1000 g/mol. The summed E-state index contributed by atoms with van der Waals surface area (Å²) in [4.78, 5) is 25.4. The predicted molar refractivity (Wildman–Crippen MR) is 306 cm³/mol. The van der Waals surface area contributed by atoms with Crippen molar-refractivity contribution in [1.29, 1.82) is 0 Å². The first-order chi connectivity index (χ1) is 34.5. The first-order valence-corrected chi connectivity index (χ1v) is 29.2. The van der Waals surface area contributed by atoms with Gasteiger partial charge in [0.05, 0.1) is 39.9 Å². The van der Waals surface area contributed by atoms with Crippen LogP contribution in [-0.2, 0) is 18.4 Å². The molecule has 0 bridgehead atoms. The number of hydrogen-bond donors (Lipinski definition) is 2. The molecule has 3 atom stereocenters. The maximum absolute atomic E-state index is 12.9. The molecule has 3 unspecified atom stereocenters. The number of carbonyl (C=O) groups is 1. The fourth-order valence-electron chi connectivity index (χ4n) is 6.96. The number of aliphatic hydroxyl groups excluding tert-OH is 1. The van der Waals surface area contributed by atoms with E-state index in [4.69, 9.17) is 9.05 Å². The molecule has 0 aliphatic carbocycles. The van der Waals surface area contributed by atoms with E-state index in [-0.39, 0.29) is 18.9 Å². The highest BCUT2D eigenvalue weighted by Gasteiger charge is 2.23. The zero-order valence-corrected chi connectivity index (χ0v) is 46.5. The molecule has 0 saturated carbocycles. The zero-order chi connectivity index (χ0) is 52.0. The zero-order valence-electron chi connectivity index (χ0n) is 45.6. The van der Waals surface area contributed by atoms with Crippen molar-refractivity contribution in [2.45, 2.75) is 199 Å². The van der Waals surface area contributed by atoms with Crippen molar-refractivity contribution in [3.05, 3.63) is 146 Å². The summed E-state index contributed by atoms with van der Waals surface area (Å²) in [5.74, 6) is -0.257. The number of hydrogen-bond acceptors (Lipinski definition) is 6. The number of amides is 1. The van der Waals surface area contributed by atoms with E-state index in [2.05, 4.69) is 153 Å². The van der Waals surface area contributed by atoms with Gasteiger partial charge in [-0.2, -0.15) is 0 Å². The Hall–Kier alpha value is -3.62. The molecule has 9 heteroatoms. The van der Waals surface area contributed by atoms with E-state index in [1.54, 1.807) is 6.08 Å². The fraction of sp³-hybridized carbons (Fsp3) is 0.597. The average molecular weight is 1000 g/mol. The van der Waals surface area contributed by atoms with Crippen molar-refractivity contribution in [1.82, 2.24) is 5.32 Å². The number of nitrogens with zero attached hydrogens (tertiary/aromatic N) is 1. The number of allylic oxidation sites excluding steroid dienone is 23. The third-order valence-electron chi connectivity index (χ3n) is 11.3. The van der Waals surface area contributed by atoms with Crippen LogP contribution in [0, 0.1) is 0 Å². The summed E-state index contributed by atoms with van der Waals surface area (Å²) in [5, 5.41) is 13.8. The second-order valence-corrected chi connectivity index (χ2v) is 20.6. The minimum atomic E-state index is -4.63. The van der Waals surface area contributed by atoms with Crippen LogP contribution in [0.1, 0.15) is 187 Å². The maximum atomic E-state index is 12.9. The molecule has 2 N–H and O–H groups in total. The fourth-order valence-corrected chi connectivity index (χ4v) is 7.68. The molecule has 71 heavy (non-hydrogen) atoms. The van der Waals surface area contributed by atoms with Crippen LogP contribution in [0.15, 0.2) is 146 Å². The first-order valence-electron chi connectivity index (χ1n) is 27.7. The summed E-state index contributed by atoms with van der Waals surface area (Å²) in [5.41, 5.74) is 0. The molecule has 8 nitrogen and oxygen atoms in total. The van der Waals surface area contributed by atoms with Crippen LogP contribution in [0.2, 0.25) is 0 Å². The lowest BCUT2D eigenvalue weighted by atomic mass is 10.1. The van der Waals surface area contributed by atoms with Crippen LogP contribution in [0.25, 0.3) is 0 Å². The summed E-state index contributed by atoms with van der Waals surface area (Å²) in [7, 11) is 1.19. The summed E-state index contributed by atoms with van der Waals surface area (Å²) in [6.07, 6.45) is 79.2.